The highest BCUT2D eigenvalue weighted by molar-refractivity contribution is 7.85. The molecule has 5 atom stereocenters. The van der Waals surface area contributed by atoms with Gasteiger partial charge in [0.2, 0.25) is 12.4 Å². The van der Waals surface area contributed by atoms with Crippen molar-refractivity contribution >= 4 is 40.1 Å². The highest BCUT2D eigenvalue weighted by Gasteiger charge is 2.53. The van der Waals surface area contributed by atoms with Gasteiger partial charge in [-0.25, -0.2) is 4.79 Å². The Hall–Kier alpha value is -2.98. The van der Waals surface area contributed by atoms with E-state index in [1.54, 1.807) is 0 Å². The molecule has 194 valence electrons. The third kappa shape index (κ3) is 10.8. The molecule has 1 fully saturated rings. The van der Waals surface area contributed by atoms with Crippen molar-refractivity contribution < 1.29 is 65.4 Å². The van der Waals surface area contributed by atoms with Crippen molar-refractivity contribution in [2.24, 2.45) is 0 Å². The molecule has 0 radical (unpaired) electrons. The SMILES string of the molecule is CC(=O)OC1O[C@H](COC(=O)NCCCS(=O)(=O)O)[C@@H](OC(C)=O)[C@H](OC(C)=O)[C@H]1OC(C)=O. The summed E-state index contributed by atoms with van der Waals surface area (Å²) in [6, 6.07) is 0. The normalized spacial score (nSPS) is 24.3. The first kappa shape index (κ1) is 29.1. The molecular formula is C18H27NO14S. The maximum Gasteiger partial charge on any atom is 0.407 e. The van der Waals surface area contributed by atoms with Crippen LogP contribution in [0.1, 0.15) is 34.1 Å². The van der Waals surface area contributed by atoms with Gasteiger partial charge in [-0.2, -0.15) is 8.42 Å². The van der Waals surface area contributed by atoms with Crippen LogP contribution in [-0.4, -0.2) is 92.6 Å². The zero-order valence-electron chi connectivity index (χ0n) is 18.9. The van der Waals surface area contributed by atoms with Gasteiger partial charge >= 0.3 is 30.0 Å². The first-order chi connectivity index (χ1) is 15.7. The highest BCUT2D eigenvalue weighted by Crippen LogP contribution is 2.30. The second-order valence-corrected chi connectivity index (χ2v) is 8.61. The van der Waals surface area contributed by atoms with E-state index in [-0.39, 0.29) is 13.0 Å². The number of ether oxygens (including phenoxy) is 6. The molecule has 1 rings (SSSR count). The fourth-order valence-electron chi connectivity index (χ4n) is 2.90. The average Bonchev–Trinajstić information content (AvgIpc) is 2.66. The minimum absolute atomic E-state index is 0.100. The van der Waals surface area contributed by atoms with Gasteiger partial charge in [-0.1, -0.05) is 0 Å². The van der Waals surface area contributed by atoms with Gasteiger partial charge in [0.1, 0.15) is 12.7 Å². The van der Waals surface area contributed by atoms with Crippen LogP contribution >= 0.6 is 0 Å². The Kier molecular flexibility index (Phi) is 11.1. The van der Waals surface area contributed by atoms with E-state index in [9.17, 15) is 32.4 Å². The van der Waals surface area contributed by atoms with E-state index in [2.05, 4.69) is 5.32 Å². The predicted octanol–water partition coefficient (Wildman–Crippen LogP) is -0.926. The Balaban J connectivity index is 3.04. The van der Waals surface area contributed by atoms with Crippen LogP contribution in [0.2, 0.25) is 0 Å². The van der Waals surface area contributed by atoms with E-state index in [1.807, 2.05) is 0 Å². The van der Waals surface area contributed by atoms with Crippen LogP contribution < -0.4 is 5.32 Å². The molecule has 1 aliphatic heterocycles. The lowest BCUT2D eigenvalue weighted by Gasteiger charge is -2.43. The third-order valence-corrected chi connectivity index (χ3v) is 4.81. The summed E-state index contributed by atoms with van der Waals surface area (Å²) < 4.78 is 61.0. The van der Waals surface area contributed by atoms with Gasteiger partial charge in [-0.05, 0) is 6.42 Å². The van der Waals surface area contributed by atoms with Crippen LogP contribution in [0.4, 0.5) is 4.79 Å². The van der Waals surface area contributed by atoms with Gasteiger partial charge in [-0.3, -0.25) is 23.7 Å². The zero-order valence-corrected chi connectivity index (χ0v) is 19.7. The lowest BCUT2D eigenvalue weighted by atomic mass is 9.98. The second-order valence-electron chi connectivity index (χ2n) is 7.04. The monoisotopic (exact) mass is 513 g/mol. The molecule has 16 heteroatoms. The Labute approximate surface area is 195 Å². The molecule has 0 bridgehead atoms. The van der Waals surface area contributed by atoms with E-state index in [0.717, 1.165) is 27.7 Å². The number of carbonyl (C=O) groups is 5. The van der Waals surface area contributed by atoms with Gasteiger partial charge < -0.3 is 33.7 Å². The number of nitrogens with one attached hydrogen (secondary N) is 1. The summed E-state index contributed by atoms with van der Waals surface area (Å²) in [7, 11) is -4.20. The van der Waals surface area contributed by atoms with Gasteiger partial charge in [-0.15, -0.1) is 0 Å². The molecule has 1 aliphatic rings. The maximum atomic E-state index is 11.9. The van der Waals surface area contributed by atoms with Gasteiger partial charge in [0.25, 0.3) is 10.1 Å². The number of hydrogen-bond acceptors (Lipinski definition) is 13. The summed E-state index contributed by atoms with van der Waals surface area (Å²) in [5.74, 6) is -3.95. The van der Waals surface area contributed by atoms with Crippen LogP contribution in [0.3, 0.4) is 0 Å². The van der Waals surface area contributed by atoms with Gasteiger partial charge in [0.05, 0.1) is 5.75 Å². The molecule has 0 aliphatic carbocycles. The number of hydrogen-bond donors (Lipinski definition) is 2. The van der Waals surface area contributed by atoms with Crippen LogP contribution in [0.15, 0.2) is 0 Å². The first-order valence-electron chi connectivity index (χ1n) is 9.89. The molecular weight excluding hydrogens is 486 g/mol. The predicted molar refractivity (Wildman–Crippen MR) is 107 cm³/mol. The minimum Gasteiger partial charge on any atom is -0.455 e. The number of alkyl carbamates (subject to hydrolysis) is 1. The Morgan fingerprint density at radius 3 is 1.82 bits per heavy atom. The molecule has 0 spiro atoms. The van der Waals surface area contributed by atoms with E-state index in [4.69, 9.17) is 33.0 Å². The summed E-state index contributed by atoms with van der Waals surface area (Å²) in [5.41, 5.74) is 0. The quantitative estimate of drug-likeness (QED) is 0.157. The lowest BCUT2D eigenvalue weighted by molar-refractivity contribution is -0.299. The largest absolute Gasteiger partial charge is 0.455 e. The number of esters is 4. The molecule has 0 aromatic rings. The van der Waals surface area contributed by atoms with Crippen molar-refractivity contribution in [3.05, 3.63) is 0 Å². The summed E-state index contributed by atoms with van der Waals surface area (Å²) in [5, 5.41) is 2.23. The van der Waals surface area contributed by atoms with Crippen LogP contribution in [-0.2, 0) is 57.7 Å². The maximum absolute atomic E-state index is 11.9. The summed E-state index contributed by atoms with van der Waals surface area (Å²) in [6.07, 6.45) is -8.51. The van der Waals surface area contributed by atoms with Crippen molar-refractivity contribution in [3.8, 4) is 0 Å². The number of carbonyl (C=O) groups excluding carboxylic acids is 5. The van der Waals surface area contributed by atoms with E-state index >= 15 is 0 Å². The molecule has 1 amide bonds. The zero-order chi connectivity index (χ0) is 26.1. The Morgan fingerprint density at radius 1 is 0.824 bits per heavy atom. The lowest BCUT2D eigenvalue weighted by Crippen LogP contribution is -2.63. The molecule has 1 unspecified atom stereocenters. The molecule has 0 aromatic carbocycles. The first-order valence-corrected chi connectivity index (χ1v) is 11.5. The number of rotatable bonds is 10. The topological polar surface area (TPSA) is 207 Å². The third-order valence-electron chi connectivity index (χ3n) is 4.01. The van der Waals surface area contributed by atoms with Crippen LogP contribution in [0.25, 0.3) is 0 Å². The molecule has 15 nitrogen and oxygen atoms in total. The van der Waals surface area contributed by atoms with E-state index in [1.165, 1.54) is 0 Å². The smallest absolute Gasteiger partial charge is 0.407 e. The summed E-state index contributed by atoms with van der Waals surface area (Å²) >= 11 is 0. The van der Waals surface area contributed by atoms with Crippen molar-refractivity contribution in [3.63, 3.8) is 0 Å². The van der Waals surface area contributed by atoms with E-state index in [0.29, 0.717) is 0 Å². The average molecular weight is 513 g/mol. The fraction of sp³-hybridized carbons (Fsp3) is 0.722. The molecule has 0 aromatic heterocycles. The van der Waals surface area contributed by atoms with Crippen molar-refractivity contribution in [1.29, 1.82) is 0 Å². The Bertz CT molecular complexity index is 872. The van der Waals surface area contributed by atoms with Gasteiger partial charge in [0.15, 0.2) is 12.2 Å². The second kappa shape index (κ2) is 13.0. The standard InChI is InChI=1S/C18H27NO14S/c1-9(20)29-14-13(8-28-18(24)19-6-5-7-34(25,26)27)33-17(32-12(4)23)16(31-11(3)22)15(14)30-10(2)21/h13-17H,5-8H2,1-4H3,(H,19,24)(H,25,26,27)/t13-,14-,15+,16-,17?/m1/s1. The van der Waals surface area contributed by atoms with Crippen LogP contribution in [0.5, 0.6) is 0 Å². The van der Waals surface area contributed by atoms with Crippen molar-refractivity contribution in [2.75, 3.05) is 18.9 Å². The minimum atomic E-state index is -4.20. The molecule has 0 saturated carbocycles. The molecule has 1 saturated heterocycles. The molecule has 34 heavy (non-hydrogen) atoms. The van der Waals surface area contributed by atoms with Crippen molar-refractivity contribution in [2.45, 2.75) is 64.8 Å². The van der Waals surface area contributed by atoms with Crippen molar-refractivity contribution in [1.82, 2.24) is 5.32 Å². The van der Waals surface area contributed by atoms with Gasteiger partial charge in [0, 0.05) is 34.2 Å². The fourth-order valence-corrected chi connectivity index (χ4v) is 3.41. The highest BCUT2D eigenvalue weighted by atomic mass is 32.2. The summed E-state index contributed by atoms with van der Waals surface area (Å²) in [4.78, 5) is 58.4. The molecule has 1 heterocycles. The number of amides is 1. The summed E-state index contributed by atoms with van der Waals surface area (Å²) in [6.45, 7) is 3.40. The van der Waals surface area contributed by atoms with E-state index < -0.39 is 83.2 Å². The molecule has 2 N–H and O–H groups in total. The van der Waals surface area contributed by atoms with Crippen LogP contribution in [0, 0.1) is 0 Å². The Morgan fingerprint density at radius 2 is 1.32 bits per heavy atom.